The van der Waals surface area contributed by atoms with E-state index in [-0.39, 0.29) is 0 Å². The lowest BCUT2D eigenvalue weighted by molar-refractivity contribution is 0.471. The van der Waals surface area contributed by atoms with E-state index >= 15 is 0 Å². The molecule has 2 atom stereocenters. The Labute approximate surface area is 87.3 Å². The Balaban J connectivity index is 2.11. The fourth-order valence-corrected chi connectivity index (χ4v) is 2.50. The van der Waals surface area contributed by atoms with Crippen molar-refractivity contribution in [2.24, 2.45) is 16.8 Å². The Morgan fingerprint density at radius 2 is 2.00 bits per heavy atom. The van der Waals surface area contributed by atoms with Crippen LogP contribution in [0.1, 0.15) is 46.0 Å². The molecule has 1 heterocycles. The number of hydrogen-bond donors (Lipinski definition) is 0. The predicted molar refractivity (Wildman–Crippen MR) is 61.8 cm³/mol. The third-order valence-electron chi connectivity index (χ3n) is 3.45. The van der Waals surface area contributed by atoms with Crippen LogP contribution in [0.3, 0.4) is 0 Å². The molecule has 0 aromatic rings. The number of fused-ring (bicyclic) bond motifs is 1. The molecule has 1 fully saturated rings. The third kappa shape index (κ3) is 2.08. The molecule has 1 nitrogen and oxygen atoms in total. The van der Waals surface area contributed by atoms with Crippen LogP contribution < -0.4 is 0 Å². The summed E-state index contributed by atoms with van der Waals surface area (Å²) >= 11 is 0. The molecular formula is C13H21N. The zero-order chi connectivity index (χ0) is 9.97. The van der Waals surface area contributed by atoms with E-state index in [9.17, 15) is 0 Å². The van der Waals surface area contributed by atoms with Gasteiger partial charge in [0.25, 0.3) is 0 Å². The van der Waals surface area contributed by atoms with E-state index in [1.54, 1.807) is 0 Å². The summed E-state index contributed by atoms with van der Waals surface area (Å²) in [5, 5.41) is 0. The average Bonchev–Trinajstić information content (AvgIpc) is 2.41. The first-order valence-corrected chi connectivity index (χ1v) is 6.03. The lowest BCUT2D eigenvalue weighted by Crippen LogP contribution is -2.23. The molecule has 2 unspecified atom stereocenters. The Bertz CT molecular complexity index is 250. The Morgan fingerprint density at radius 1 is 1.21 bits per heavy atom. The number of rotatable bonds is 1. The summed E-state index contributed by atoms with van der Waals surface area (Å²) in [5.41, 5.74) is 1.31. The highest BCUT2D eigenvalue weighted by Gasteiger charge is 2.24. The normalized spacial score (nSPS) is 32.4. The third-order valence-corrected chi connectivity index (χ3v) is 3.45. The van der Waals surface area contributed by atoms with Crippen LogP contribution in [0.25, 0.3) is 0 Å². The van der Waals surface area contributed by atoms with Crippen molar-refractivity contribution in [3.63, 3.8) is 0 Å². The predicted octanol–water partition coefficient (Wildman–Crippen LogP) is 3.60. The minimum Gasteiger partial charge on any atom is -0.286 e. The highest BCUT2D eigenvalue weighted by molar-refractivity contribution is 5.97. The molecule has 0 aromatic carbocycles. The number of dihydropyridines is 1. The summed E-state index contributed by atoms with van der Waals surface area (Å²) in [6.07, 6.45) is 11.5. The first-order chi connectivity index (χ1) is 6.77. The lowest BCUT2D eigenvalue weighted by atomic mass is 9.90. The summed E-state index contributed by atoms with van der Waals surface area (Å²) in [6.45, 7) is 4.47. The maximum Gasteiger partial charge on any atom is 0.0565 e. The monoisotopic (exact) mass is 191 g/mol. The molecule has 2 rings (SSSR count). The molecule has 0 N–H and O–H groups in total. The first kappa shape index (κ1) is 9.95. The fourth-order valence-electron chi connectivity index (χ4n) is 2.50. The maximum atomic E-state index is 4.89. The molecule has 0 radical (unpaired) electrons. The molecule has 0 spiro atoms. The van der Waals surface area contributed by atoms with E-state index in [1.807, 2.05) is 0 Å². The number of hydrogen-bond acceptors (Lipinski definition) is 1. The van der Waals surface area contributed by atoms with Gasteiger partial charge in [0.1, 0.15) is 0 Å². The van der Waals surface area contributed by atoms with Crippen molar-refractivity contribution in [1.29, 1.82) is 0 Å². The van der Waals surface area contributed by atoms with Gasteiger partial charge in [-0.1, -0.05) is 39.2 Å². The van der Waals surface area contributed by atoms with Gasteiger partial charge in [-0.2, -0.15) is 0 Å². The smallest absolute Gasteiger partial charge is 0.0565 e. The topological polar surface area (TPSA) is 12.4 Å². The van der Waals surface area contributed by atoms with Crippen molar-refractivity contribution in [3.8, 4) is 0 Å². The highest BCUT2D eigenvalue weighted by Crippen LogP contribution is 2.29. The van der Waals surface area contributed by atoms with E-state index in [2.05, 4.69) is 26.0 Å². The van der Waals surface area contributed by atoms with Crippen molar-refractivity contribution in [1.82, 2.24) is 0 Å². The van der Waals surface area contributed by atoms with Gasteiger partial charge < -0.3 is 0 Å². The second-order valence-corrected chi connectivity index (χ2v) is 4.94. The largest absolute Gasteiger partial charge is 0.286 e. The quantitative estimate of drug-likeness (QED) is 0.600. The molecule has 0 amide bonds. The highest BCUT2D eigenvalue weighted by atomic mass is 14.8. The Hall–Kier alpha value is -0.590. The summed E-state index contributed by atoms with van der Waals surface area (Å²) < 4.78 is 0. The van der Waals surface area contributed by atoms with Gasteiger partial charge in [0.15, 0.2) is 0 Å². The second-order valence-electron chi connectivity index (χ2n) is 4.94. The van der Waals surface area contributed by atoms with Crippen molar-refractivity contribution in [2.45, 2.75) is 52.0 Å². The van der Waals surface area contributed by atoms with Crippen LogP contribution >= 0.6 is 0 Å². The standard InChI is InChI=1S/C13H21N/c1-10(2)12-9-8-11-6-4-3-5-7-13(11)14-12/h8-11,13H,3-7H2,1-2H3. The summed E-state index contributed by atoms with van der Waals surface area (Å²) in [6, 6.07) is 0.611. The zero-order valence-electron chi connectivity index (χ0n) is 9.37. The Kier molecular flexibility index (Phi) is 3.05. The van der Waals surface area contributed by atoms with Gasteiger partial charge in [0.2, 0.25) is 0 Å². The van der Waals surface area contributed by atoms with Gasteiger partial charge in [-0.05, 0) is 30.8 Å². The van der Waals surface area contributed by atoms with Gasteiger partial charge in [0, 0.05) is 5.71 Å². The van der Waals surface area contributed by atoms with Crippen molar-refractivity contribution >= 4 is 5.71 Å². The van der Waals surface area contributed by atoms with Crippen molar-refractivity contribution in [3.05, 3.63) is 12.2 Å². The van der Waals surface area contributed by atoms with Gasteiger partial charge in [-0.25, -0.2) is 0 Å². The summed E-state index contributed by atoms with van der Waals surface area (Å²) in [4.78, 5) is 4.89. The first-order valence-electron chi connectivity index (χ1n) is 6.03. The van der Waals surface area contributed by atoms with Gasteiger partial charge in [0.05, 0.1) is 6.04 Å². The number of aliphatic imine (C=N–C) groups is 1. The number of nitrogens with zero attached hydrogens (tertiary/aromatic N) is 1. The van der Waals surface area contributed by atoms with Gasteiger partial charge >= 0.3 is 0 Å². The van der Waals surface area contributed by atoms with E-state index < -0.39 is 0 Å². The molecule has 14 heavy (non-hydrogen) atoms. The van der Waals surface area contributed by atoms with Crippen molar-refractivity contribution < 1.29 is 0 Å². The molecule has 2 aliphatic rings. The molecule has 0 saturated heterocycles. The van der Waals surface area contributed by atoms with E-state index in [0.29, 0.717) is 12.0 Å². The average molecular weight is 191 g/mol. The number of allylic oxidation sites excluding steroid dienone is 1. The fraction of sp³-hybridized carbons (Fsp3) is 0.769. The van der Waals surface area contributed by atoms with Crippen LogP contribution in [0, 0.1) is 11.8 Å². The molecule has 1 aliphatic heterocycles. The molecule has 0 bridgehead atoms. The second kappa shape index (κ2) is 4.29. The van der Waals surface area contributed by atoms with Crippen LogP contribution in [0.2, 0.25) is 0 Å². The maximum absolute atomic E-state index is 4.89. The van der Waals surface area contributed by atoms with Crippen LogP contribution in [0.4, 0.5) is 0 Å². The van der Waals surface area contributed by atoms with Crippen LogP contribution in [-0.2, 0) is 0 Å². The lowest BCUT2D eigenvalue weighted by Gasteiger charge is -2.24. The Morgan fingerprint density at radius 3 is 2.79 bits per heavy atom. The molecule has 78 valence electrons. The van der Waals surface area contributed by atoms with E-state index in [0.717, 1.165) is 5.92 Å². The van der Waals surface area contributed by atoms with Gasteiger partial charge in [-0.3, -0.25) is 4.99 Å². The summed E-state index contributed by atoms with van der Waals surface area (Å²) in [5.74, 6) is 1.34. The molecular weight excluding hydrogens is 170 g/mol. The van der Waals surface area contributed by atoms with E-state index in [4.69, 9.17) is 4.99 Å². The molecule has 1 heteroatoms. The van der Waals surface area contributed by atoms with E-state index in [1.165, 1.54) is 37.8 Å². The minimum atomic E-state index is 0.593. The molecule has 0 aromatic heterocycles. The van der Waals surface area contributed by atoms with Crippen LogP contribution in [0.5, 0.6) is 0 Å². The molecule has 1 aliphatic carbocycles. The van der Waals surface area contributed by atoms with Crippen LogP contribution in [-0.4, -0.2) is 11.8 Å². The minimum absolute atomic E-state index is 0.593. The molecule has 1 saturated carbocycles. The van der Waals surface area contributed by atoms with Crippen molar-refractivity contribution in [2.75, 3.05) is 0 Å². The zero-order valence-corrected chi connectivity index (χ0v) is 9.37. The van der Waals surface area contributed by atoms with Crippen LogP contribution in [0.15, 0.2) is 17.1 Å². The summed E-state index contributed by atoms with van der Waals surface area (Å²) in [7, 11) is 0. The van der Waals surface area contributed by atoms with Gasteiger partial charge in [-0.15, -0.1) is 0 Å². The SMILES string of the molecule is CC(C)C1=NC2CCCCCC2C=C1.